The van der Waals surface area contributed by atoms with Crippen LogP contribution >= 0.6 is 11.6 Å². The molecule has 0 atom stereocenters. The van der Waals surface area contributed by atoms with Gasteiger partial charge in [-0.25, -0.2) is 12.8 Å². The first-order valence-electron chi connectivity index (χ1n) is 7.74. The van der Waals surface area contributed by atoms with Crippen molar-refractivity contribution in [1.29, 1.82) is 0 Å². The normalized spacial score (nSPS) is 15.8. The average molecular weight is 400 g/mol. The highest BCUT2D eigenvalue weighted by Gasteiger charge is 2.30. The number of piperazine rings is 1. The molecule has 0 aromatic heterocycles. The number of nitrogens with zero attached hydrogens (tertiary/aromatic N) is 3. The van der Waals surface area contributed by atoms with E-state index in [0.29, 0.717) is 18.8 Å². The lowest BCUT2D eigenvalue weighted by Crippen LogP contribution is -2.48. The molecule has 10 heteroatoms. The van der Waals surface area contributed by atoms with Crippen LogP contribution in [0.1, 0.15) is 0 Å². The van der Waals surface area contributed by atoms with E-state index in [1.807, 2.05) is 0 Å². The van der Waals surface area contributed by atoms with Gasteiger partial charge in [0.1, 0.15) is 11.5 Å². The van der Waals surface area contributed by atoms with Crippen molar-refractivity contribution in [2.24, 2.45) is 0 Å². The van der Waals surface area contributed by atoms with Crippen molar-refractivity contribution < 1.29 is 17.7 Å². The third-order valence-corrected chi connectivity index (χ3v) is 6.37. The van der Waals surface area contributed by atoms with Crippen LogP contribution in [0.15, 0.2) is 47.4 Å². The number of sulfonamides is 1. The summed E-state index contributed by atoms with van der Waals surface area (Å²) in [5.74, 6) is -0.688. The van der Waals surface area contributed by atoms with Gasteiger partial charge >= 0.3 is 0 Å². The van der Waals surface area contributed by atoms with E-state index >= 15 is 0 Å². The van der Waals surface area contributed by atoms with Crippen LogP contribution in [-0.2, 0) is 10.0 Å². The first kappa shape index (κ1) is 18.6. The Morgan fingerprint density at radius 3 is 2.35 bits per heavy atom. The van der Waals surface area contributed by atoms with Gasteiger partial charge in [-0.05, 0) is 24.3 Å². The fourth-order valence-corrected chi connectivity index (χ4v) is 4.54. The van der Waals surface area contributed by atoms with E-state index in [0.717, 1.165) is 12.1 Å². The second-order valence-electron chi connectivity index (χ2n) is 5.71. The lowest BCUT2D eigenvalue weighted by Gasteiger charge is -2.35. The van der Waals surface area contributed by atoms with Gasteiger partial charge in [0.2, 0.25) is 10.0 Å². The van der Waals surface area contributed by atoms with Crippen LogP contribution in [0.4, 0.5) is 15.8 Å². The predicted octanol–water partition coefficient (Wildman–Crippen LogP) is 2.90. The highest BCUT2D eigenvalue weighted by molar-refractivity contribution is 7.89. The van der Waals surface area contributed by atoms with Crippen molar-refractivity contribution in [2.75, 3.05) is 31.1 Å². The molecule has 1 fully saturated rings. The van der Waals surface area contributed by atoms with E-state index in [4.69, 9.17) is 11.6 Å². The summed E-state index contributed by atoms with van der Waals surface area (Å²) in [6.45, 7) is 0.921. The first-order chi connectivity index (χ1) is 12.3. The Morgan fingerprint density at radius 1 is 1.08 bits per heavy atom. The van der Waals surface area contributed by atoms with Crippen LogP contribution in [0.3, 0.4) is 0 Å². The molecule has 1 aliphatic rings. The van der Waals surface area contributed by atoms with E-state index in [1.54, 1.807) is 23.1 Å². The Balaban J connectivity index is 1.78. The lowest BCUT2D eigenvalue weighted by molar-refractivity contribution is -0.384. The maximum atomic E-state index is 13.3. The van der Waals surface area contributed by atoms with Gasteiger partial charge in [0.05, 0.1) is 14.8 Å². The number of nitro groups is 1. The number of hydrogen-bond acceptors (Lipinski definition) is 5. The van der Waals surface area contributed by atoms with Crippen molar-refractivity contribution in [1.82, 2.24) is 4.31 Å². The Labute approximate surface area is 154 Å². The summed E-state index contributed by atoms with van der Waals surface area (Å²) in [5, 5.41) is 10.9. The van der Waals surface area contributed by atoms with Crippen molar-refractivity contribution in [3.8, 4) is 0 Å². The number of halogens is 2. The second kappa shape index (κ2) is 7.18. The van der Waals surface area contributed by atoms with Gasteiger partial charge in [0.25, 0.3) is 5.69 Å². The quantitative estimate of drug-likeness (QED) is 0.583. The van der Waals surface area contributed by atoms with Crippen LogP contribution in [0.25, 0.3) is 0 Å². The highest BCUT2D eigenvalue weighted by Crippen LogP contribution is 2.29. The predicted molar refractivity (Wildman–Crippen MR) is 95.5 cm³/mol. The highest BCUT2D eigenvalue weighted by atomic mass is 35.5. The molecule has 0 amide bonds. The summed E-state index contributed by atoms with van der Waals surface area (Å²) in [6, 6.07) is 9.61. The standard InChI is InChI=1S/C16H15ClFN3O4S/c17-13-11-12(5-6-14(13)18)26(24,25)20-9-7-19(8-10-20)15-3-1-2-4-16(15)21(22)23/h1-6,11H,7-10H2. The van der Waals surface area contributed by atoms with Crippen LogP contribution in [0.2, 0.25) is 5.02 Å². The summed E-state index contributed by atoms with van der Waals surface area (Å²) >= 11 is 5.68. The Morgan fingerprint density at radius 2 is 1.73 bits per heavy atom. The molecule has 0 aliphatic carbocycles. The minimum absolute atomic E-state index is 0.0193. The monoisotopic (exact) mass is 399 g/mol. The molecule has 0 radical (unpaired) electrons. The van der Waals surface area contributed by atoms with Gasteiger partial charge in [0, 0.05) is 32.2 Å². The summed E-state index contributed by atoms with van der Waals surface area (Å²) in [6.07, 6.45) is 0. The van der Waals surface area contributed by atoms with Gasteiger partial charge in [-0.1, -0.05) is 23.7 Å². The third kappa shape index (κ3) is 3.50. The van der Waals surface area contributed by atoms with Gasteiger partial charge in [0.15, 0.2) is 0 Å². The van der Waals surface area contributed by atoms with Gasteiger partial charge in [-0.3, -0.25) is 10.1 Å². The molecule has 1 saturated heterocycles. The van der Waals surface area contributed by atoms with Gasteiger partial charge in [-0.15, -0.1) is 0 Å². The molecule has 1 aliphatic heterocycles. The van der Waals surface area contributed by atoms with E-state index in [-0.39, 0.29) is 28.7 Å². The van der Waals surface area contributed by atoms with E-state index in [1.165, 1.54) is 16.4 Å². The molecular weight excluding hydrogens is 385 g/mol. The molecule has 2 aromatic carbocycles. The third-order valence-electron chi connectivity index (χ3n) is 4.19. The van der Waals surface area contributed by atoms with Gasteiger partial charge < -0.3 is 4.90 Å². The number of benzene rings is 2. The summed E-state index contributed by atoms with van der Waals surface area (Å²) in [7, 11) is -3.81. The molecule has 0 spiro atoms. The van der Waals surface area contributed by atoms with Crippen LogP contribution in [0.5, 0.6) is 0 Å². The average Bonchev–Trinajstić information content (AvgIpc) is 2.64. The lowest BCUT2D eigenvalue weighted by atomic mass is 10.2. The van der Waals surface area contributed by atoms with Crippen molar-refractivity contribution in [3.05, 3.63) is 63.4 Å². The van der Waals surface area contributed by atoms with E-state index in [2.05, 4.69) is 0 Å². The van der Waals surface area contributed by atoms with Crippen LogP contribution < -0.4 is 4.90 Å². The largest absolute Gasteiger partial charge is 0.363 e. The summed E-state index contributed by atoms with van der Waals surface area (Å²) < 4.78 is 39.9. The number of nitro benzene ring substituents is 1. The number of hydrogen-bond donors (Lipinski definition) is 0. The molecule has 1 heterocycles. The Hall–Kier alpha value is -2.23. The molecule has 138 valence electrons. The van der Waals surface area contributed by atoms with E-state index < -0.39 is 20.8 Å². The Kier molecular flexibility index (Phi) is 5.12. The molecule has 3 rings (SSSR count). The number of anilines is 1. The van der Waals surface area contributed by atoms with Gasteiger partial charge in [-0.2, -0.15) is 4.31 Å². The molecule has 0 unspecified atom stereocenters. The maximum absolute atomic E-state index is 13.3. The summed E-state index contributed by atoms with van der Waals surface area (Å²) in [4.78, 5) is 12.4. The first-order valence-corrected chi connectivity index (χ1v) is 9.56. The van der Waals surface area contributed by atoms with Crippen LogP contribution in [-0.4, -0.2) is 43.8 Å². The molecular formula is C16H15ClFN3O4S. The minimum Gasteiger partial charge on any atom is -0.363 e. The smallest absolute Gasteiger partial charge is 0.292 e. The van der Waals surface area contributed by atoms with Crippen LogP contribution in [0, 0.1) is 15.9 Å². The topological polar surface area (TPSA) is 83.8 Å². The van der Waals surface area contributed by atoms with Crippen molar-refractivity contribution >= 4 is 33.0 Å². The Bertz CT molecular complexity index is 946. The molecule has 0 N–H and O–H groups in total. The minimum atomic E-state index is -3.81. The molecule has 0 bridgehead atoms. The van der Waals surface area contributed by atoms with Crippen molar-refractivity contribution in [3.63, 3.8) is 0 Å². The number of rotatable bonds is 4. The second-order valence-corrected chi connectivity index (χ2v) is 8.06. The molecule has 2 aromatic rings. The SMILES string of the molecule is O=[N+]([O-])c1ccccc1N1CCN(S(=O)(=O)c2ccc(F)c(Cl)c2)CC1. The fraction of sp³-hybridized carbons (Fsp3) is 0.250. The van der Waals surface area contributed by atoms with Crippen molar-refractivity contribution in [2.45, 2.75) is 4.90 Å². The zero-order valence-corrected chi connectivity index (χ0v) is 15.1. The molecule has 26 heavy (non-hydrogen) atoms. The molecule has 7 nitrogen and oxygen atoms in total. The summed E-state index contributed by atoms with van der Waals surface area (Å²) in [5.41, 5.74) is 0.438. The zero-order chi connectivity index (χ0) is 18.9. The fourth-order valence-electron chi connectivity index (χ4n) is 2.84. The van der Waals surface area contributed by atoms with E-state index in [9.17, 15) is 22.9 Å². The molecule has 0 saturated carbocycles. The zero-order valence-electron chi connectivity index (χ0n) is 13.5. The maximum Gasteiger partial charge on any atom is 0.292 e. The number of para-hydroxylation sites is 2.